The summed E-state index contributed by atoms with van der Waals surface area (Å²) in [5.41, 5.74) is 0.611. The molecule has 1 rings (SSSR count). The Hall–Kier alpha value is -1.03. The average molecular weight is 242 g/mol. The van der Waals surface area contributed by atoms with E-state index in [-0.39, 0.29) is 11.1 Å². The fraction of sp³-hybridized carbons (Fsp3) is 0.417. The summed E-state index contributed by atoms with van der Waals surface area (Å²) in [7, 11) is 0. The predicted octanol–water partition coefficient (Wildman–Crippen LogP) is 3.27. The van der Waals surface area contributed by atoms with E-state index in [0.29, 0.717) is 5.56 Å². The molecule has 4 heteroatoms. The van der Waals surface area contributed by atoms with Gasteiger partial charge < -0.3 is 5.11 Å². The summed E-state index contributed by atoms with van der Waals surface area (Å²) in [6.45, 7) is 5.53. The maximum absolute atomic E-state index is 12.8. The highest BCUT2D eigenvalue weighted by molar-refractivity contribution is 8.01. The van der Waals surface area contributed by atoms with Gasteiger partial charge in [0, 0.05) is 5.25 Å². The average Bonchev–Trinajstić information content (AvgIpc) is 2.17. The molecule has 0 heterocycles. The Bertz CT molecular complexity index is 375. The van der Waals surface area contributed by atoms with E-state index < -0.39 is 10.7 Å². The summed E-state index contributed by atoms with van der Waals surface area (Å²) >= 11 is 1.35. The minimum Gasteiger partial charge on any atom is -0.480 e. The van der Waals surface area contributed by atoms with Crippen LogP contribution in [0.25, 0.3) is 0 Å². The topological polar surface area (TPSA) is 37.3 Å². The van der Waals surface area contributed by atoms with Gasteiger partial charge in [-0.25, -0.2) is 4.39 Å². The SMILES string of the molecule is CC(C)SC(C)(C(=O)O)c1ccc(F)cc1. The summed E-state index contributed by atoms with van der Waals surface area (Å²) in [5, 5.41) is 9.48. The van der Waals surface area contributed by atoms with Gasteiger partial charge in [-0.1, -0.05) is 26.0 Å². The number of aliphatic carboxylic acids is 1. The molecule has 0 saturated carbocycles. The van der Waals surface area contributed by atoms with Gasteiger partial charge in [-0.05, 0) is 24.6 Å². The van der Waals surface area contributed by atoms with Crippen LogP contribution in [0.3, 0.4) is 0 Å². The van der Waals surface area contributed by atoms with Crippen LogP contribution in [-0.4, -0.2) is 16.3 Å². The van der Waals surface area contributed by atoms with E-state index in [1.54, 1.807) is 6.92 Å². The lowest BCUT2D eigenvalue weighted by Gasteiger charge is -2.26. The fourth-order valence-electron chi connectivity index (χ4n) is 1.48. The smallest absolute Gasteiger partial charge is 0.324 e. The number of hydrogen-bond acceptors (Lipinski definition) is 2. The fourth-order valence-corrected chi connectivity index (χ4v) is 2.80. The van der Waals surface area contributed by atoms with Crippen LogP contribution in [0.2, 0.25) is 0 Å². The Balaban J connectivity index is 3.11. The molecule has 0 spiro atoms. The molecular weight excluding hydrogens is 227 g/mol. The lowest BCUT2D eigenvalue weighted by molar-refractivity contribution is -0.139. The van der Waals surface area contributed by atoms with Crippen LogP contribution in [0.15, 0.2) is 24.3 Å². The highest BCUT2D eigenvalue weighted by atomic mass is 32.2. The molecule has 1 atom stereocenters. The first kappa shape index (κ1) is 13.0. The van der Waals surface area contributed by atoms with Crippen molar-refractivity contribution in [3.8, 4) is 0 Å². The molecular formula is C12H15FO2S. The Morgan fingerprint density at radius 2 is 1.88 bits per heavy atom. The minimum absolute atomic E-state index is 0.186. The van der Waals surface area contributed by atoms with Crippen molar-refractivity contribution in [2.24, 2.45) is 0 Å². The zero-order valence-electron chi connectivity index (χ0n) is 9.53. The number of rotatable bonds is 4. The largest absolute Gasteiger partial charge is 0.480 e. The first-order valence-electron chi connectivity index (χ1n) is 5.03. The third kappa shape index (κ3) is 2.76. The monoisotopic (exact) mass is 242 g/mol. The molecule has 0 aliphatic heterocycles. The molecule has 1 aromatic carbocycles. The van der Waals surface area contributed by atoms with Crippen LogP contribution < -0.4 is 0 Å². The first-order valence-corrected chi connectivity index (χ1v) is 5.91. The van der Waals surface area contributed by atoms with Crippen molar-refractivity contribution in [1.82, 2.24) is 0 Å². The van der Waals surface area contributed by atoms with Crippen molar-refractivity contribution in [1.29, 1.82) is 0 Å². The van der Waals surface area contributed by atoms with Gasteiger partial charge in [0.15, 0.2) is 0 Å². The summed E-state index contributed by atoms with van der Waals surface area (Å²) in [5.74, 6) is -1.26. The van der Waals surface area contributed by atoms with E-state index >= 15 is 0 Å². The molecule has 88 valence electrons. The molecule has 0 aliphatic rings. The van der Waals surface area contributed by atoms with Crippen LogP contribution in [0.4, 0.5) is 4.39 Å². The van der Waals surface area contributed by atoms with Gasteiger partial charge in [0.1, 0.15) is 10.6 Å². The van der Waals surface area contributed by atoms with E-state index in [9.17, 15) is 14.3 Å². The van der Waals surface area contributed by atoms with Crippen LogP contribution in [-0.2, 0) is 9.54 Å². The van der Waals surface area contributed by atoms with Crippen LogP contribution >= 0.6 is 11.8 Å². The predicted molar refractivity (Wildman–Crippen MR) is 64.1 cm³/mol. The third-order valence-electron chi connectivity index (χ3n) is 2.27. The van der Waals surface area contributed by atoms with E-state index in [1.807, 2.05) is 13.8 Å². The maximum atomic E-state index is 12.8. The zero-order chi connectivity index (χ0) is 12.3. The van der Waals surface area contributed by atoms with Crippen molar-refractivity contribution < 1.29 is 14.3 Å². The molecule has 1 unspecified atom stereocenters. The van der Waals surface area contributed by atoms with Crippen molar-refractivity contribution >= 4 is 17.7 Å². The van der Waals surface area contributed by atoms with Crippen molar-refractivity contribution in [2.75, 3.05) is 0 Å². The second-order valence-corrected chi connectivity index (χ2v) is 6.01. The van der Waals surface area contributed by atoms with Crippen LogP contribution in [0, 0.1) is 5.82 Å². The standard InChI is InChI=1S/C12H15FO2S/c1-8(2)16-12(3,11(14)15)9-4-6-10(13)7-5-9/h4-8H,1-3H3,(H,14,15). The molecule has 0 radical (unpaired) electrons. The van der Waals surface area contributed by atoms with Gasteiger partial charge in [0.05, 0.1) is 0 Å². The highest BCUT2D eigenvalue weighted by Gasteiger charge is 2.36. The van der Waals surface area contributed by atoms with Crippen LogP contribution in [0.1, 0.15) is 26.3 Å². The number of thioether (sulfide) groups is 1. The third-order valence-corrected chi connectivity index (χ3v) is 3.63. The Morgan fingerprint density at radius 3 is 2.25 bits per heavy atom. The van der Waals surface area contributed by atoms with Crippen molar-refractivity contribution in [3.05, 3.63) is 35.6 Å². The highest BCUT2D eigenvalue weighted by Crippen LogP contribution is 2.39. The molecule has 2 nitrogen and oxygen atoms in total. The number of halogens is 1. The summed E-state index contributed by atoms with van der Waals surface area (Å²) < 4.78 is 11.8. The number of benzene rings is 1. The number of carbonyl (C=O) groups is 1. The second kappa shape index (κ2) is 4.87. The van der Waals surface area contributed by atoms with E-state index in [4.69, 9.17) is 0 Å². The number of carboxylic acid groups (broad SMARTS) is 1. The Labute approximate surface area is 98.9 Å². The zero-order valence-corrected chi connectivity index (χ0v) is 10.3. The van der Waals surface area contributed by atoms with E-state index in [0.717, 1.165) is 0 Å². The molecule has 0 saturated heterocycles. The molecule has 0 aromatic heterocycles. The summed E-state index contributed by atoms with van der Waals surface area (Å²) in [4.78, 5) is 11.3. The summed E-state index contributed by atoms with van der Waals surface area (Å²) in [6.07, 6.45) is 0. The molecule has 1 aromatic rings. The van der Waals surface area contributed by atoms with Crippen molar-refractivity contribution in [3.63, 3.8) is 0 Å². The molecule has 0 bridgehead atoms. The van der Waals surface area contributed by atoms with Gasteiger partial charge in [0.2, 0.25) is 0 Å². The molecule has 1 N–H and O–H groups in total. The van der Waals surface area contributed by atoms with Crippen molar-refractivity contribution in [2.45, 2.75) is 30.8 Å². The lowest BCUT2D eigenvalue weighted by atomic mass is 10.0. The van der Waals surface area contributed by atoms with E-state index in [2.05, 4.69) is 0 Å². The second-order valence-electron chi connectivity index (χ2n) is 4.01. The molecule has 16 heavy (non-hydrogen) atoms. The molecule has 0 amide bonds. The van der Waals surface area contributed by atoms with E-state index in [1.165, 1.54) is 36.0 Å². The van der Waals surface area contributed by atoms with Gasteiger partial charge in [-0.2, -0.15) is 0 Å². The number of carboxylic acids is 1. The summed E-state index contributed by atoms with van der Waals surface area (Å²) in [6, 6.07) is 5.63. The number of hydrogen-bond donors (Lipinski definition) is 1. The van der Waals surface area contributed by atoms with Crippen LogP contribution in [0.5, 0.6) is 0 Å². The first-order chi connectivity index (χ1) is 7.36. The van der Waals surface area contributed by atoms with Gasteiger partial charge in [-0.3, -0.25) is 4.79 Å². The maximum Gasteiger partial charge on any atom is 0.324 e. The Morgan fingerprint density at radius 1 is 1.38 bits per heavy atom. The van der Waals surface area contributed by atoms with Gasteiger partial charge in [-0.15, -0.1) is 11.8 Å². The Kier molecular flexibility index (Phi) is 3.97. The molecule has 0 aliphatic carbocycles. The quantitative estimate of drug-likeness (QED) is 0.880. The molecule has 0 fully saturated rings. The minimum atomic E-state index is -1.03. The normalized spacial score (nSPS) is 14.8. The lowest BCUT2D eigenvalue weighted by Crippen LogP contribution is -2.30. The van der Waals surface area contributed by atoms with Gasteiger partial charge >= 0.3 is 5.97 Å². The van der Waals surface area contributed by atoms with Gasteiger partial charge in [0.25, 0.3) is 0 Å².